The minimum Gasteiger partial charge on any atom is -0.352 e. The molecule has 0 aliphatic rings. The summed E-state index contributed by atoms with van der Waals surface area (Å²) in [6.07, 6.45) is 0.194. The van der Waals surface area contributed by atoms with E-state index >= 15 is 0 Å². The Morgan fingerprint density at radius 1 is 0.889 bits per heavy atom. The van der Waals surface area contributed by atoms with Crippen molar-refractivity contribution in [1.82, 2.24) is 10.2 Å². The molecule has 0 fully saturated rings. The molecule has 0 aliphatic carbocycles. The fourth-order valence-electron chi connectivity index (χ4n) is 4.74. The van der Waals surface area contributed by atoms with E-state index in [2.05, 4.69) is 21.2 Å². The molecule has 4 aromatic carbocycles. The number of nitrogens with zero attached hydrogens (tertiary/aromatic N) is 2. The van der Waals surface area contributed by atoms with Crippen molar-refractivity contribution in [3.05, 3.63) is 128 Å². The molecule has 4 rings (SSSR count). The second-order valence-corrected chi connectivity index (χ2v) is 14.5. The number of halogens is 3. The van der Waals surface area contributed by atoms with Gasteiger partial charge >= 0.3 is 0 Å². The predicted octanol–water partition coefficient (Wildman–Crippen LogP) is 7.42. The highest BCUT2D eigenvalue weighted by Gasteiger charge is 2.35. The van der Waals surface area contributed by atoms with Gasteiger partial charge in [0, 0.05) is 33.5 Å². The average Bonchev–Trinajstić information content (AvgIpc) is 2.99. The molecule has 1 atom stereocenters. The van der Waals surface area contributed by atoms with Crippen molar-refractivity contribution in [3.63, 3.8) is 0 Å². The number of benzene rings is 4. The molecule has 0 spiro atoms. The van der Waals surface area contributed by atoms with Gasteiger partial charge in [0.25, 0.3) is 10.0 Å². The van der Waals surface area contributed by atoms with Gasteiger partial charge in [0.1, 0.15) is 12.6 Å². The lowest BCUT2D eigenvalue weighted by atomic mass is 10.0. The van der Waals surface area contributed by atoms with Gasteiger partial charge in [-0.05, 0) is 80.4 Å². The van der Waals surface area contributed by atoms with Crippen LogP contribution in [0.5, 0.6) is 0 Å². The quantitative estimate of drug-likeness (QED) is 0.164. The van der Waals surface area contributed by atoms with E-state index < -0.39 is 28.5 Å². The van der Waals surface area contributed by atoms with Crippen molar-refractivity contribution in [3.8, 4) is 0 Å². The normalized spacial score (nSPS) is 12.1. The van der Waals surface area contributed by atoms with Crippen LogP contribution < -0.4 is 9.62 Å². The Morgan fingerprint density at radius 2 is 1.53 bits per heavy atom. The number of anilines is 1. The monoisotopic (exact) mass is 729 g/mol. The fourth-order valence-corrected chi connectivity index (χ4v) is 6.89. The Bertz CT molecular complexity index is 1740. The SMILES string of the molecule is Cc1ccc(S(=O)(=O)N(CC(=O)N(Cc2ccc(Cl)cc2Cl)[C@H](Cc2ccccc2)C(=O)NC(C)C)c2ccc(Br)cc2)cc1. The lowest BCUT2D eigenvalue weighted by Gasteiger charge is -2.34. The molecule has 0 saturated heterocycles. The first-order valence-electron chi connectivity index (χ1n) is 14.3. The van der Waals surface area contributed by atoms with E-state index in [9.17, 15) is 18.0 Å². The van der Waals surface area contributed by atoms with Gasteiger partial charge in [0.05, 0.1) is 10.6 Å². The number of aryl methyl sites for hydroxylation is 1. The van der Waals surface area contributed by atoms with Crippen molar-refractivity contribution >= 4 is 66.7 Å². The topological polar surface area (TPSA) is 86.8 Å². The van der Waals surface area contributed by atoms with Gasteiger partial charge in [-0.15, -0.1) is 0 Å². The molecular formula is C34H34BrCl2N3O4S. The van der Waals surface area contributed by atoms with Crippen LogP contribution in [0.15, 0.2) is 106 Å². The third kappa shape index (κ3) is 9.10. The number of carbonyl (C=O) groups is 2. The third-order valence-electron chi connectivity index (χ3n) is 7.06. The first-order valence-corrected chi connectivity index (χ1v) is 17.3. The standard InChI is InChI=1S/C34H34BrCl2N3O4S/c1-23(2)38-34(42)32(19-25-7-5-4-6-8-25)39(21-26-11-14-28(36)20-31(26)37)33(41)22-40(29-15-12-27(35)13-16-29)45(43,44)30-17-9-24(3)10-18-30/h4-18,20,23,32H,19,21-22H2,1-3H3,(H,38,42)/t32-/m1/s1. The van der Waals surface area contributed by atoms with E-state index in [-0.39, 0.29) is 29.8 Å². The van der Waals surface area contributed by atoms with Crippen molar-refractivity contribution in [2.75, 3.05) is 10.8 Å². The number of nitrogens with one attached hydrogen (secondary N) is 1. The zero-order valence-corrected chi connectivity index (χ0v) is 29.0. The first-order chi connectivity index (χ1) is 21.3. The van der Waals surface area contributed by atoms with Crippen molar-refractivity contribution in [2.24, 2.45) is 0 Å². The molecule has 7 nitrogen and oxygen atoms in total. The van der Waals surface area contributed by atoms with Crippen LogP contribution in [0.2, 0.25) is 10.0 Å². The Hall–Kier alpha value is -3.37. The summed E-state index contributed by atoms with van der Waals surface area (Å²) in [5.41, 5.74) is 2.58. The second-order valence-electron chi connectivity index (χ2n) is 10.9. The van der Waals surface area contributed by atoms with E-state index in [0.29, 0.717) is 21.3 Å². The van der Waals surface area contributed by atoms with Gasteiger partial charge in [-0.2, -0.15) is 0 Å². The fraction of sp³-hybridized carbons (Fsp3) is 0.235. The Balaban J connectivity index is 1.82. The van der Waals surface area contributed by atoms with Crippen molar-refractivity contribution in [2.45, 2.75) is 50.7 Å². The van der Waals surface area contributed by atoms with Crippen LogP contribution in [-0.4, -0.2) is 43.8 Å². The van der Waals surface area contributed by atoms with Crippen LogP contribution in [0.25, 0.3) is 0 Å². The molecule has 45 heavy (non-hydrogen) atoms. The molecule has 0 bridgehead atoms. The van der Waals surface area contributed by atoms with E-state index in [4.69, 9.17) is 23.2 Å². The maximum Gasteiger partial charge on any atom is 0.264 e. The lowest BCUT2D eigenvalue weighted by molar-refractivity contribution is -0.140. The minimum absolute atomic E-state index is 0.0366. The highest BCUT2D eigenvalue weighted by molar-refractivity contribution is 9.10. The number of rotatable bonds is 12. The smallest absolute Gasteiger partial charge is 0.264 e. The molecule has 11 heteroatoms. The molecule has 0 radical (unpaired) electrons. The number of sulfonamides is 1. The highest BCUT2D eigenvalue weighted by Crippen LogP contribution is 2.28. The Kier molecular flexibility index (Phi) is 11.7. The van der Waals surface area contributed by atoms with E-state index in [1.165, 1.54) is 17.0 Å². The molecular weight excluding hydrogens is 697 g/mol. The Morgan fingerprint density at radius 3 is 2.13 bits per heavy atom. The molecule has 0 unspecified atom stereocenters. The van der Waals surface area contributed by atoms with Crippen molar-refractivity contribution < 1.29 is 18.0 Å². The molecule has 2 amide bonds. The molecule has 0 aromatic heterocycles. The van der Waals surface area contributed by atoms with Gasteiger partial charge < -0.3 is 10.2 Å². The van der Waals surface area contributed by atoms with Crippen LogP contribution in [0.3, 0.4) is 0 Å². The first kappa shape index (κ1) is 34.5. The van der Waals surface area contributed by atoms with Gasteiger partial charge in [0.2, 0.25) is 11.8 Å². The summed E-state index contributed by atoms with van der Waals surface area (Å²) in [7, 11) is -4.20. The molecule has 4 aromatic rings. The summed E-state index contributed by atoms with van der Waals surface area (Å²) < 4.78 is 30.0. The molecule has 236 valence electrons. The Labute approximate surface area is 283 Å². The van der Waals surface area contributed by atoms with Crippen LogP contribution in [0.4, 0.5) is 5.69 Å². The molecule has 0 heterocycles. The largest absolute Gasteiger partial charge is 0.352 e. The van der Waals surface area contributed by atoms with Crippen LogP contribution >= 0.6 is 39.1 Å². The summed E-state index contributed by atoms with van der Waals surface area (Å²) in [5.74, 6) is -0.955. The number of carbonyl (C=O) groups excluding carboxylic acids is 2. The number of hydrogen-bond donors (Lipinski definition) is 1. The van der Waals surface area contributed by atoms with Crippen molar-refractivity contribution in [1.29, 1.82) is 0 Å². The number of amides is 2. The number of hydrogen-bond acceptors (Lipinski definition) is 4. The maximum absolute atomic E-state index is 14.5. The predicted molar refractivity (Wildman–Crippen MR) is 184 cm³/mol. The van der Waals surface area contributed by atoms with Gasteiger partial charge in [-0.3, -0.25) is 13.9 Å². The summed E-state index contributed by atoms with van der Waals surface area (Å²) in [5, 5.41) is 3.68. The average molecular weight is 732 g/mol. The van der Waals surface area contributed by atoms with E-state index in [1.807, 2.05) is 51.1 Å². The highest BCUT2D eigenvalue weighted by atomic mass is 79.9. The lowest BCUT2D eigenvalue weighted by Crippen LogP contribution is -2.54. The second kappa shape index (κ2) is 15.3. The molecule has 0 aliphatic heterocycles. The third-order valence-corrected chi connectivity index (χ3v) is 9.96. The van der Waals surface area contributed by atoms with Crippen LogP contribution in [-0.2, 0) is 32.6 Å². The van der Waals surface area contributed by atoms with Gasteiger partial charge in [-0.1, -0.05) is 93.2 Å². The summed E-state index contributed by atoms with van der Waals surface area (Å²) in [6.45, 7) is 4.91. The zero-order valence-electron chi connectivity index (χ0n) is 25.1. The van der Waals surface area contributed by atoms with E-state index in [0.717, 1.165) is 19.9 Å². The molecule has 1 N–H and O–H groups in total. The maximum atomic E-state index is 14.5. The summed E-state index contributed by atoms with van der Waals surface area (Å²) in [6, 6.07) is 26.2. The minimum atomic E-state index is -4.20. The van der Waals surface area contributed by atoms with Crippen LogP contribution in [0, 0.1) is 6.92 Å². The zero-order chi connectivity index (χ0) is 32.7. The van der Waals surface area contributed by atoms with Crippen LogP contribution in [0.1, 0.15) is 30.5 Å². The van der Waals surface area contributed by atoms with E-state index in [1.54, 1.807) is 54.6 Å². The van der Waals surface area contributed by atoms with Gasteiger partial charge in [-0.25, -0.2) is 8.42 Å². The molecule has 0 saturated carbocycles. The summed E-state index contributed by atoms with van der Waals surface area (Å²) >= 11 is 16.1. The summed E-state index contributed by atoms with van der Waals surface area (Å²) in [4.78, 5) is 29.7. The van der Waals surface area contributed by atoms with Gasteiger partial charge in [0.15, 0.2) is 0 Å².